The van der Waals surface area contributed by atoms with Gasteiger partial charge in [-0.05, 0) is 43.2 Å². The molecule has 0 aromatic heterocycles. The number of carbonyl (C=O) groups excluding carboxylic acids is 1. The molecule has 0 heterocycles. The Balaban J connectivity index is 1.87. The highest BCUT2D eigenvalue weighted by molar-refractivity contribution is 5.74. The first-order valence-electron chi connectivity index (χ1n) is 7.39. The number of hydrogen-bond acceptors (Lipinski definition) is 2. The van der Waals surface area contributed by atoms with Gasteiger partial charge >= 0.3 is 12.0 Å². The normalized spacial score (nSPS) is 15.3. The van der Waals surface area contributed by atoms with Crippen LogP contribution in [0.2, 0.25) is 0 Å². The van der Waals surface area contributed by atoms with Crippen LogP contribution in [0, 0.1) is 12.8 Å². The van der Waals surface area contributed by atoms with Gasteiger partial charge in [-0.15, -0.1) is 0 Å². The van der Waals surface area contributed by atoms with E-state index in [0.717, 1.165) is 12.8 Å². The quantitative estimate of drug-likeness (QED) is 0.675. The fourth-order valence-electron chi connectivity index (χ4n) is 2.45. The van der Waals surface area contributed by atoms with E-state index in [1.165, 1.54) is 11.1 Å². The van der Waals surface area contributed by atoms with Crippen LogP contribution in [0.4, 0.5) is 4.79 Å². The largest absolute Gasteiger partial charge is 0.481 e. The summed E-state index contributed by atoms with van der Waals surface area (Å²) in [7, 11) is 0. The van der Waals surface area contributed by atoms with Crippen LogP contribution in [-0.2, 0) is 4.79 Å². The molecule has 0 aliphatic heterocycles. The van der Waals surface area contributed by atoms with Crippen LogP contribution in [0.3, 0.4) is 0 Å². The van der Waals surface area contributed by atoms with E-state index in [-0.39, 0.29) is 18.5 Å². The molecule has 1 aromatic carbocycles. The van der Waals surface area contributed by atoms with E-state index in [0.29, 0.717) is 18.9 Å². The van der Waals surface area contributed by atoms with Gasteiger partial charge in [0.1, 0.15) is 0 Å². The number of aryl methyl sites for hydroxylation is 1. The number of carboxylic acid groups (broad SMARTS) is 1. The second-order valence-corrected chi connectivity index (χ2v) is 5.57. The SMILES string of the molecule is Cc1ccccc1C(NC(=O)NCCCC(=O)O)C1CC1. The van der Waals surface area contributed by atoms with Crippen LogP contribution < -0.4 is 10.6 Å². The molecule has 2 rings (SSSR count). The average molecular weight is 290 g/mol. The van der Waals surface area contributed by atoms with E-state index in [1.54, 1.807) is 0 Å². The van der Waals surface area contributed by atoms with Crippen molar-refractivity contribution in [1.82, 2.24) is 10.6 Å². The Morgan fingerprint density at radius 3 is 2.67 bits per heavy atom. The molecule has 1 aliphatic carbocycles. The van der Waals surface area contributed by atoms with Gasteiger partial charge in [-0.25, -0.2) is 4.79 Å². The summed E-state index contributed by atoms with van der Waals surface area (Å²) in [4.78, 5) is 22.4. The van der Waals surface area contributed by atoms with Gasteiger partial charge in [0.05, 0.1) is 6.04 Å². The molecular formula is C16H22N2O3. The lowest BCUT2D eigenvalue weighted by molar-refractivity contribution is -0.137. The summed E-state index contributed by atoms with van der Waals surface area (Å²) in [5, 5.41) is 14.3. The second-order valence-electron chi connectivity index (χ2n) is 5.57. The molecule has 1 fully saturated rings. The molecule has 0 radical (unpaired) electrons. The molecule has 1 atom stereocenters. The minimum Gasteiger partial charge on any atom is -0.481 e. The number of urea groups is 1. The summed E-state index contributed by atoms with van der Waals surface area (Å²) in [5.74, 6) is -0.330. The molecule has 21 heavy (non-hydrogen) atoms. The number of carbonyl (C=O) groups is 2. The molecule has 0 saturated heterocycles. The first-order valence-corrected chi connectivity index (χ1v) is 7.39. The van der Waals surface area contributed by atoms with E-state index in [1.807, 2.05) is 12.1 Å². The Morgan fingerprint density at radius 1 is 1.33 bits per heavy atom. The molecule has 5 nitrogen and oxygen atoms in total. The van der Waals surface area contributed by atoms with Gasteiger partial charge in [-0.2, -0.15) is 0 Å². The topological polar surface area (TPSA) is 78.4 Å². The first kappa shape index (κ1) is 15.4. The lowest BCUT2D eigenvalue weighted by Crippen LogP contribution is -2.39. The number of amides is 2. The third kappa shape index (κ3) is 4.77. The van der Waals surface area contributed by atoms with Gasteiger partial charge in [-0.1, -0.05) is 24.3 Å². The zero-order valence-electron chi connectivity index (χ0n) is 12.3. The van der Waals surface area contributed by atoms with Gasteiger partial charge in [0, 0.05) is 13.0 Å². The summed E-state index contributed by atoms with van der Waals surface area (Å²) in [6.45, 7) is 2.43. The van der Waals surface area contributed by atoms with E-state index < -0.39 is 5.97 Å². The highest BCUT2D eigenvalue weighted by atomic mass is 16.4. The van der Waals surface area contributed by atoms with E-state index in [2.05, 4.69) is 29.7 Å². The summed E-state index contributed by atoms with van der Waals surface area (Å²) in [6, 6.07) is 7.92. The minimum atomic E-state index is -0.840. The van der Waals surface area contributed by atoms with Crippen molar-refractivity contribution in [1.29, 1.82) is 0 Å². The summed E-state index contributed by atoms with van der Waals surface area (Å²) >= 11 is 0. The summed E-state index contributed by atoms with van der Waals surface area (Å²) in [6.07, 6.45) is 2.79. The Hall–Kier alpha value is -2.04. The smallest absolute Gasteiger partial charge is 0.315 e. The Labute approximate surface area is 124 Å². The zero-order chi connectivity index (χ0) is 15.2. The molecule has 3 N–H and O–H groups in total. The molecule has 0 spiro atoms. The standard InChI is InChI=1S/C16H22N2O3/c1-11-5-2-3-6-13(11)15(12-8-9-12)18-16(21)17-10-4-7-14(19)20/h2-3,5-6,12,15H,4,7-10H2,1H3,(H,19,20)(H2,17,18,21). The number of rotatable bonds is 7. The minimum absolute atomic E-state index is 0.0469. The molecular weight excluding hydrogens is 268 g/mol. The number of nitrogens with one attached hydrogen (secondary N) is 2. The molecule has 5 heteroatoms. The molecule has 0 bridgehead atoms. The number of hydrogen-bond donors (Lipinski definition) is 3. The zero-order valence-corrected chi connectivity index (χ0v) is 12.3. The Kier molecular flexibility index (Phi) is 5.20. The van der Waals surface area contributed by atoms with E-state index in [9.17, 15) is 9.59 Å². The van der Waals surface area contributed by atoms with Gasteiger partial charge in [0.2, 0.25) is 0 Å². The van der Waals surface area contributed by atoms with Gasteiger partial charge < -0.3 is 15.7 Å². The Bertz CT molecular complexity index is 512. The van der Waals surface area contributed by atoms with Crippen LogP contribution in [-0.4, -0.2) is 23.7 Å². The third-order valence-electron chi connectivity index (χ3n) is 3.76. The first-order chi connectivity index (χ1) is 10.1. The van der Waals surface area contributed by atoms with Gasteiger partial charge in [0.15, 0.2) is 0 Å². The molecule has 2 amide bonds. The van der Waals surface area contributed by atoms with E-state index >= 15 is 0 Å². The fraction of sp³-hybridized carbons (Fsp3) is 0.500. The summed E-state index contributed by atoms with van der Waals surface area (Å²) in [5.41, 5.74) is 2.35. The summed E-state index contributed by atoms with van der Waals surface area (Å²) < 4.78 is 0. The third-order valence-corrected chi connectivity index (χ3v) is 3.76. The van der Waals surface area contributed by atoms with E-state index in [4.69, 9.17) is 5.11 Å². The lowest BCUT2D eigenvalue weighted by atomic mass is 9.98. The van der Waals surface area contributed by atoms with Crippen molar-refractivity contribution in [3.05, 3.63) is 35.4 Å². The van der Waals surface area contributed by atoms with Crippen LogP contribution in [0.25, 0.3) is 0 Å². The number of carboxylic acids is 1. The van der Waals surface area contributed by atoms with Gasteiger partial charge in [0.25, 0.3) is 0 Å². The van der Waals surface area contributed by atoms with Crippen molar-refractivity contribution < 1.29 is 14.7 Å². The van der Waals surface area contributed by atoms with Crippen LogP contribution >= 0.6 is 0 Å². The number of aliphatic carboxylic acids is 1. The van der Waals surface area contributed by atoms with Crippen LogP contribution in [0.1, 0.15) is 42.9 Å². The van der Waals surface area contributed by atoms with Crippen molar-refractivity contribution in [2.75, 3.05) is 6.54 Å². The molecule has 1 aromatic rings. The van der Waals surface area contributed by atoms with Crippen molar-refractivity contribution in [3.63, 3.8) is 0 Å². The lowest BCUT2D eigenvalue weighted by Gasteiger charge is -2.21. The second kappa shape index (κ2) is 7.11. The van der Waals surface area contributed by atoms with Crippen molar-refractivity contribution in [3.8, 4) is 0 Å². The van der Waals surface area contributed by atoms with Crippen molar-refractivity contribution in [2.45, 2.75) is 38.6 Å². The predicted octanol–water partition coefficient (Wildman–Crippen LogP) is 2.61. The van der Waals surface area contributed by atoms with Crippen LogP contribution in [0.5, 0.6) is 0 Å². The monoisotopic (exact) mass is 290 g/mol. The maximum atomic E-state index is 11.9. The highest BCUT2D eigenvalue weighted by Crippen LogP contribution is 2.41. The fourth-order valence-corrected chi connectivity index (χ4v) is 2.45. The predicted molar refractivity (Wildman–Crippen MR) is 80.0 cm³/mol. The Morgan fingerprint density at radius 2 is 2.05 bits per heavy atom. The maximum absolute atomic E-state index is 11.9. The molecule has 1 aliphatic rings. The maximum Gasteiger partial charge on any atom is 0.315 e. The molecule has 1 unspecified atom stereocenters. The molecule has 114 valence electrons. The van der Waals surface area contributed by atoms with Crippen LogP contribution in [0.15, 0.2) is 24.3 Å². The molecule has 1 saturated carbocycles. The van der Waals surface area contributed by atoms with Crippen molar-refractivity contribution in [2.24, 2.45) is 5.92 Å². The average Bonchev–Trinajstić information content (AvgIpc) is 3.26. The number of benzene rings is 1. The van der Waals surface area contributed by atoms with Crippen molar-refractivity contribution >= 4 is 12.0 Å². The van der Waals surface area contributed by atoms with Gasteiger partial charge in [-0.3, -0.25) is 4.79 Å². The highest BCUT2D eigenvalue weighted by Gasteiger charge is 2.34.